The van der Waals surface area contributed by atoms with Crippen LogP contribution in [0.3, 0.4) is 0 Å². The van der Waals surface area contributed by atoms with Gasteiger partial charge in [0.05, 0.1) is 36.4 Å². The molecule has 0 bridgehead atoms. The number of benzene rings is 1. The van der Waals surface area contributed by atoms with E-state index in [1.165, 1.54) is 36.4 Å². The molecule has 1 aromatic carbocycles. The van der Waals surface area contributed by atoms with Gasteiger partial charge in [-0.3, -0.25) is 19.5 Å². The van der Waals surface area contributed by atoms with Gasteiger partial charge in [0.2, 0.25) is 0 Å². The van der Waals surface area contributed by atoms with Gasteiger partial charge in [-0.25, -0.2) is 13.8 Å². The molecule has 0 aliphatic carbocycles. The lowest BCUT2D eigenvalue weighted by Gasteiger charge is -2.07. The fourth-order valence-electron chi connectivity index (χ4n) is 3.41. The van der Waals surface area contributed by atoms with Gasteiger partial charge in [-0.1, -0.05) is 11.6 Å². The highest BCUT2D eigenvalue weighted by Crippen LogP contribution is 2.38. The Balaban J connectivity index is 1.85. The number of aromatic amines is 1. The minimum atomic E-state index is -0.619. The number of nitrogens with one attached hydrogen (secondary N) is 1. The van der Waals surface area contributed by atoms with E-state index >= 15 is 0 Å². The van der Waals surface area contributed by atoms with Crippen molar-refractivity contribution in [2.75, 3.05) is 7.11 Å². The van der Waals surface area contributed by atoms with Crippen LogP contribution in [0, 0.1) is 24.1 Å². The number of halogens is 2. The summed E-state index contributed by atoms with van der Waals surface area (Å²) < 4.78 is 21.6. The summed E-state index contributed by atoms with van der Waals surface area (Å²) in [7, 11) is 1.33. The van der Waals surface area contributed by atoms with Crippen molar-refractivity contribution >= 4 is 45.6 Å². The Labute approximate surface area is 207 Å². The molecule has 178 valence electrons. The van der Waals surface area contributed by atoms with Gasteiger partial charge >= 0.3 is 5.69 Å². The SMILES string of the molecule is COc1cc(-c2cc3c(s2)c(=O)n(/C=C/N=Cc2cc(C)[nH]n2)c(=O)n3CCC#N)c(Cl)cc1F. The van der Waals surface area contributed by atoms with Crippen LogP contribution < -0.4 is 16.0 Å². The van der Waals surface area contributed by atoms with E-state index in [0.29, 0.717) is 21.7 Å². The first-order valence-corrected chi connectivity index (χ1v) is 11.4. The third-order valence-electron chi connectivity index (χ3n) is 5.04. The summed E-state index contributed by atoms with van der Waals surface area (Å²) in [6.45, 7) is 1.93. The molecular weight excluding hydrogens is 495 g/mol. The summed E-state index contributed by atoms with van der Waals surface area (Å²) in [6, 6.07) is 7.99. The fraction of sp³-hybridized carbons (Fsp3) is 0.174. The normalized spacial score (nSPS) is 11.6. The highest BCUT2D eigenvalue weighted by Gasteiger charge is 2.19. The van der Waals surface area contributed by atoms with Crippen LogP contribution in [0.1, 0.15) is 17.8 Å². The molecule has 0 unspecified atom stereocenters. The number of nitrogens with zero attached hydrogens (tertiary/aromatic N) is 5. The van der Waals surface area contributed by atoms with E-state index in [0.717, 1.165) is 27.7 Å². The lowest BCUT2D eigenvalue weighted by molar-refractivity contribution is 0.387. The number of rotatable bonds is 7. The average Bonchev–Trinajstić information content (AvgIpc) is 3.45. The lowest BCUT2D eigenvalue weighted by atomic mass is 10.1. The third-order valence-corrected chi connectivity index (χ3v) is 6.50. The Morgan fingerprint density at radius 1 is 1.34 bits per heavy atom. The molecule has 12 heteroatoms. The summed E-state index contributed by atoms with van der Waals surface area (Å²) in [5.41, 5.74) is 1.09. The molecule has 35 heavy (non-hydrogen) atoms. The molecule has 0 atom stereocenters. The Morgan fingerprint density at radius 2 is 2.14 bits per heavy atom. The van der Waals surface area contributed by atoms with Crippen molar-refractivity contribution in [3.8, 4) is 22.3 Å². The molecule has 0 amide bonds. The highest BCUT2D eigenvalue weighted by atomic mass is 35.5. The Bertz CT molecular complexity index is 1640. The average molecular weight is 513 g/mol. The van der Waals surface area contributed by atoms with Crippen LogP contribution in [0.15, 0.2) is 45.0 Å². The molecule has 0 aliphatic heterocycles. The van der Waals surface area contributed by atoms with Gasteiger partial charge in [-0.15, -0.1) is 11.3 Å². The van der Waals surface area contributed by atoms with Gasteiger partial charge in [-0.05, 0) is 31.2 Å². The summed E-state index contributed by atoms with van der Waals surface area (Å²) >= 11 is 7.37. The summed E-state index contributed by atoms with van der Waals surface area (Å²) in [6.07, 6.45) is 4.11. The Hall–Kier alpha value is -4.01. The highest BCUT2D eigenvalue weighted by molar-refractivity contribution is 7.22. The maximum atomic E-state index is 14.0. The van der Waals surface area contributed by atoms with E-state index < -0.39 is 17.1 Å². The van der Waals surface area contributed by atoms with E-state index in [2.05, 4.69) is 15.2 Å². The van der Waals surface area contributed by atoms with E-state index in [-0.39, 0.29) is 28.4 Å². The van der Waals surface area contributed by atoms with Gasteiger partial charge in [0.1, 0.15) is 10.4 Å². The second-order valence-electron chi connectivity index (χ2n) is 7.36. The van der Waals surface area contributed by atoms with Crippen molar-refractivity contribution in [1.29, 1.82) is 5.26 Å². The van der Waals surface area contributed by atoms with E-state index in [4.69, 9.17) is 21.6 Å². The fourth-order valence-corrected chi connectivity index (χ4v) is 4.85. The number of methoxy groups -OCH3 is 1. The van der Waals surface area contributed by atoms with Gasteiger partial charge in [0.25, 0.3) is 5.56 Å². The number of ether oxygens (including phenoxy) is 1. The van der Waals surface area contributed by atoms with E-state index in [1.54, 1.807) is 12.1 Å². The van der Waals surface area contributed by atoms with Gasteiger partial charge in [-0.2, -0.15) is 10.4 Å². The molecule has 1 N–H and O–H groups in total. The Morgan fingerprint density at radius 3 is 2.83 bits per heavy atom. The van der Waals surface area contributed by atoms with Crippen LogP contribution in [0.25, 0.3) is 26.9 Å². The minimum Gasteiger partial charge on any atom is -0.494 e. The quantitative estimate of drug-likeness (QED) is 0.372. The smallest absolute Gasteiger partial charge is 0.335 e. The monoisotopic (exact) mass is 512 g/mol. The molecule has 4 rings (SSSR count). The number of fused-ring (bicyclic) bond motifs is 1. The lowest BCUT2D eigenvalue weighted by Crippen LogP contribution is -2.36. The number of thiophene rings is 1. The number of hydrogen-bond donors (Lipinski definition) is 1. The summed E-state index contributed by atoms with van der Waals surface area (Å²) in [5.74, 6) is -0.625. The number of H-pyrrole nitrogens is 1. The molecule has 4 aromatic rings. The van der Waals surface area contributed by atoms with Crippen molar-refractivity contribution in [3.05, 3.63) is 73.5 Å². The number of hydrogen-bond acceptors (Lipinski definition) is 7. The van der Waals surface area contributed by atoms with Crippen molar-refractivity contribution in [3.63, 3.8) is 0 Å². The van der Waals surface area contributed by atoms with Crippen molar-refractivity contribution in [2.45, 2.75) is 19.9 Å². The number of aromatic nitrogens is 4. The third kappa shape index (κ3) is 4.80. The molecule has 0 fully saturated rings. The van der Waals surface area contributed by atoms with Crippen molar-refractivity contribution < 1.29 is 9.13 Å². The zero-order valence-corrected chi connectivity index (χ0v) is 20.2. The van der Waals surface area contributed by atoms with Crippen molar-refractivity contribution in [2.24, 2.45) is 4.99 Å². The van der Waals surface area contributed by atoms with Crippen LogP contribution in [-0.2, 0) is 6.54 Å². The Kier molecular flexibility index (Phi) is 6.95. The van der Waals surface area contributed by atoms with Gasteiger partial charge in [0, 0.05) is 35.1 Å². The van der Waals surface area contributed by atoms with Crippen LogP contribution in [0.4, 0.5) is 4.39 Å². The largest absolute Gasteiger partial charge is 0.494 e. The summed E-state index contributed by atoms with van der Waals surface area (Å²) in [5, 5.41) is 16.0. The molecule has 0 spiro atoms. The second-order valence-corrected chi connectivity index (χ2v) is 8.82. The number of aliphatic imine (C=N–C) groups is 1. The molecule has 3 heterocycles. The minimum absolute atomic E-state index is 0.00552. The second kappa shape index (κ2) is 10.1. The van der Waals surface area contributed by atoms with Crippen LogP contribution in [-0.4, -0.2) is 32.7 Å². The zero-order chi connectivity index (χ0) is 25.1. The summed E-state index contributed by atoms with van der Waals surface area (Å²) in [4.78, 5) is 31.0. The number of nitriles is 1. The standard InChI is InChI=1S/C23H18ClFN6O3S/c1-13-8-14(29-28-13)12-27-5-7-31-22(32)21-18(30(23(31)33)6-3-4-26)11-20(35-21)15-9-19(34-2)17(25)10-16(15)24/h5,7-12H,3,6H2,1-2H3,(H,28,29)/b7-5+,27-12?. The molecule has 0 saturated carbocycles. The molecule has 0 aliphatic rings. The van der Waals surface area contributed by atoms with Gasteiger partial charge < -0.3 is 4.74 Å². The van der Waals surface area contributed by atoms with Crippen LogP contribution >= 0.6 is 22.9 Å². The first kappa shape index (κ1) is 24.1. The molecular formula is C23H18ClFN6O3S. The van der Waals surface area contributed by atoms with Crippen molar-refractivity contribution in [1.82, 2.24) is 19.3 Å². The van der Waals surface area contributed by atoms with E-state index in [9.17, 15) is 14.0 Å². The molecule has 9 nitrogen and oxygen atoms in total. The number of aryl methyl sites for hydroxylation is 2. The zero-order valence-electron chi connectivity index (χ0n) is 18.6. The predicted octanol–water partition coefficient (Wildman–Crippen LogP) is 4.19. The predicted molar refractivity (Wildman–Crippen MR) is 134 cm³/mol. The van der Waals surface area contributed by atoms with E-state index in [1.807, 2.05) is 13.0 Å². The van der Waals surface area contributed by atoms with Crippen LogP contribution in [0.2, 0.25) is 5.02 Å². The van der Waals surface area contributed by atoms with Crippen LogP contribution in [0.5, 0.6) is 5.75 Å². The molecule has 3 aromatic heterocycles. The van der Waals surface area contributed by atoms with Gasteiger partial charge in [0.15, 0.2) is 11.6 Å². The molecule has 0 radical (unpaired) electrons. The maximum absolute atomic E-state index is 14.0. The molecule has 0 saturated heterocycles. The topological polar surface area (TPSA) is 118 Å². The maximum Gasteiger partial charge on any atom is 0.335 e. The first-order valence-electron chi connectivity index (χ1n) is 10.2. The first-order chi connectivity index (χ1) is 16.8.